The van der Waals surface area contributed by atoms with Crippen molar-refractivity contribution < 1.29 is 0 Å². The van der Waals surface area contributed by atoms with Crippen molar-refractivity contribution in [3.63, 3.8) is 0 Å². The van der Waals surface area contributed by atoms with Gasteiger partial charge in [-0.1, -0.05) is 34.1 Å². The third-order valence-electron chi connectivity index (χ3n) is 3.84. The van der Waals surface area contributed by atoms with Gasteiger partial charge in [0.05, 0.1) is 4.83 Å². The topological polar surface area (TPSA) is 0 Å². The second-order valence-electron chi connectivity index (χ2n) is 5.16. The van der Waals surface area contributed by atoms with Crippen LogP contribution in [-0.4, -0.2) is 0 Å². The first-order valence-corrected chi connectivity index (χ1v) is 8.21. The van der Waals surface area contributed by atoms with E-state index in [0.29, 0.717) is 4.83 Å². The molecule has 2 aromatic rings. The van der Waals surface area contributed by atoms with Crippen LogP contribution in [0.3, 0.4) is 0 Å². The predicted molar refractivity (Wildman–Crippen MR) is 83.0 cm³/mol. The monoisotopic (exact) mass is 320 g/mol. The molecule has 0 N–H and O–H groups in total. The van der Waals surface area contributed by atoms with Gasteiger partial charge < -0.3 is 0 Å². The molecule has 1 unspecified atom stereocenters. The predicted octanol–water partition coefficient (Wildman–Crippen LogP) is 5.34. The zero-order valence-corrected chi connectivity index (χ0v) is 13.2. The van der Waals surface area contributed by atoms with Crippen LogP contribution in [0, 0.1) is 13.8 Å². The number of aryl methyl sites for hydroxylation is 4. The summed E-state index contributed by atoms with van der Waals surface area (Å²) in [4.78, 5) is 3.42. The van der Waals surface area contributed by atoms with E-state index in [4.69, 9.17) is 0 Å². The molecule has 1 heterocycles. The molecule has 1 aromatic carbocycles. The Morgan fingerprint density at radius 3 is 2.67 bits per heavy atom. The SMILES string of the molecule is Cc1ccc(C(Br)c2cc3c(s2)CCC3)cc1C. The summed E-state index contributed by atoms with van der Waals surface area (Å²) in [6, 6.07) is 9.17. The number of halogens is 1. The summed E-state index contributed by atoms with van der Waals surface area (Å²) in [5, 5.41) is 0. The minimum Gasteiger partial charge on any atom is -0.144 e. The number of hydrogen-bond acceptors (Lipinski definition) is 1. The molecule has 0 saturated carbocycles. The van der Waals surface area contributed by atoms with Crippen LogP contribution in [0.25, 0.3) is 0 Å². The van der Waals surface area contributed by atoms with Gasteiger partial charge in [-0.2, -0.15) is 0 Å². The van der Waals surface area contributed by atoms with Crippen LogP contribution in [-0.2, 0) is 12.8 Å². The van der Waals surface area contributed by atoms with Crippen LogP contribution in [0.1, 0.15) is 43.3 Å². The van der Waals surface area contributed by atoms with Gasteiger partial charge in [0, 0.05) is 9.75 Å². The zero-order chi connectivity index (χ0) is 12.7. The molecule has 0 amide bonds. The molecule has 1 aliphatic carbocycles. The lowest BCUT2D eigenvalue weighted by atomic mass is 10.0. The number of alkyl halides is 1. The maximum atomic E-state index is 3.86. The highest BCUT2D eigenvalue weighted by atomic mass is 79.9. The van der Waals surface area contributed by atoms with Gasteiger partial charge in [0.2, 0.25) is 0 Å². The smallest absolute Gasteiger partial charge is 0.0738 e. The second-order valence-corrected chi connectivity index (χ2v) is 7.24. The number of benzene rings is 1. The van der Waals surface area contributed by atoms with Crippen LogP contribution in [0.4, 0.5) is 0 Å². The van der Waals surface area contributed by atoms with Crippen molar-refractivity contribution in [2.45, 2.75) is 37.9 Å². The Balaban J connectivity index is 1.93. The third-order valence-corrected chi connectivity index (χ3v) is 6.47. The summed E-state index contributed by atoms with van der Waals surface area (Å²) in [5.41, 5.74) is 5.70. The Hall–Kier alpha value is -0.600. The number of thiophene rings is 1. The quantitative estimate of drug-likeness (QED) is 0.655. The maximum absolute atomic E-state index is 3.86. The highest BCUT2D eigenvalue weighted by Gasteiger charge is 2.19. The van der Waals surface area contributed by atoms with Crippen molar-refractivity contribution >= 4 is 27.3 Å². The molecule has 3 rings (SSSR count). The standard InChI is InChI=1S/C16H17BrS/c1-10-6-7-13(8-11(10)2)16(17)15-9-12-4-3-5-14(12)18-15/h6-9,16H,3-5H2,1-2H3. The molecular weight excluding hydrogens is 304 g/mol. The summed E-state index contributed by atoms with van der Waals surface area (Å²) in [7, 11) is 0. The molecule has 2 heteroatoms. The molecule has 0 nitrogen and oxygen atoms in total. The summed E-state index contributed by atoms with van der Waals surface area (Å²) in [6.45, 7) is 4.36. The molecule has 1 aromatic heterocycles. The fourth-order valence-corrected chi connectivity index (χ4v) is 4.52. The Morgan fingerprint density at radius 2 is 1.94 bits per heavy atom. The van der Waals surface area contributed by atoms with Crippen LogP contribution in [0.2, 0.25) is 0 Å². The van der Waals surface area contributed by atoms with Crippen LogP contribution >= 0.6 is 27.3 Å². The molecule has 18 heavy (non-hydrogen) atoms. The first kappa shape index (κ1) is 12.4. The van der Waals surface area contributed by atoms with E-state index in [-0.39, 0.29) is 0 Å². The zero-order valence-electron chi connectivity index (χ0n) is 10.8. The van der Waals surface area contributed by atoms with Gasteiger partial charge in [0.15, 0.2) is 0 Å². The Morgan fingerprint density at radius 1 is 1.11 bits per heavy atom. The summed E-state index contributed by atoms with van der Waals surface area (Å²) in [5.74, 6) is 0. The van der Waals surface area contributed by atoms with E-state index in [2.05, 4.69) is 54.0 Å². The number of hydrogen-bond donors (Lipinski definition) is 0. The number of rotatable bonds is 2. The van der Waals surface area contributed by atoms with Crippen molar-refractivity contribution in [2.24, 2.45) is 0 Å². The van der Waals surface area contributed by atoms with Crippen molar-refractivity contribution in [2.75, 3.05) is 0 Å². The van der Waals surface area contributed by atoms with Gasteiger partial charge in [-0.05, 0) is 61.4 Å². The first-order valence-electron chi connectivity index (χ1n) is 6.48. The fraction of sp³-hybridized carbons (Fsp3) is 0.375. The summed E-state index contributed by atoms with van der Waals surface area (Å²) in [6.07, 6.45) is 3.91. The van der Waals surface area contributed by atoms with Crippen molar-refractivity contribution in [3.05, 3.63) is 56.3 Å². The Labute approximate surface area is 121 Å². The molecule has 1 aliphatic rings. The molecular formula is C16H17BrS. The molecule has 0 radical (unpaired) electrons. The van der Waals surface area contributed by atoms with E-state index in [1.807, 2.05) is 11.3 Å². The lowest BCUT2D eigenvalue weighted by Gasteiger charge is -2.10. The molecule has 1 atom stereocenters. The average Bonchev–Trinajstić information content (AvgIpc) is 2.92. The molecule has 94 valence electrons. The van der Waals surface area contributed by atoms with Gasteiger partial charge in [0.1, 0.15) is 0 Å². The van der Waals surface area contributed by atoms with Crippen molar-refractivity contribution in [3.8, 4) is 0 Å². The van der Waals surface area contributed by atoms with Gasteiger partial charge in [-0.3, -0.25) is 0 Å². The van der Waals surface area contributed by atoms with Gasteiger partial charge in [0.25, 0.3) is 0 Å². The first-order chi connectivity index (χ1) is 8.65. The lowest BCUT2D eigenvalue weighted by Crippen LogP contribution is -1.92. The van der Waals surface area contributed by atoms with E-state index >= 15 is 0 Å². The third kappa shape index (κ3) is 2.17. The van der Waals surface area contributed by atoms with E-state index in [1.54, 1.807) is 10.4 Å². The average molecular weight is 321 g/mol. The van der Waals surface area contributed by atoms with Crippen LogP contribution in [0.5, 0.6) is 0 Å². The van der Waals surface area contributed by atoms with E-state index in [0.717, 1.165) is 0 Å². The molecule has 0 bridgehead atoms. The van der Waals surface area contributed by atoms with Crippen molar-refractivity contribution in [1.29, 1.82) is 0 Å². The van der Waals surface area contributed by atoms with Crippen LogP contribution in [0.15, 0.2) is 24.3 Å². The van der Waals surface area contributed by atoms with E-state index in [9.17, 15) is 0 Å². The Bertz CT molecular complexity index is 561. The minimum absolute atomic E-state index is 0.354. The molecule has 0 saturated heterocycles. The largest absolute Gasteiger partial charge is 0.144 e. The second kappa shape index (κ2) is 4.82. The highest BCUT2D eigenvalue weighted by Crippen LogP contribution is 2.40. The van der Waals surface area contributed by atoms with Crippen LogP contribution < -0.4 is 0 Å². The lowest BCUT2D eigenvalue weighted by molar-refractivity contribution is 0.913. The van der Waals surface area contributed by atoms with E-state index in [1.165, 1.54) is 40.8 Å². The van der Waals surface area contributed by atoms with E-state index < -0.39 is 0 Å². The normalized spacial score (nSPS) is 15.7. The maximum Gasteiger partial charge on any atom is 0.0738 e. The van der Waals surface area contributed by atoms with Gasteiger partial charge in [-0.25, -0.2) is 0 Å². The summed E-state index contributed by atoms with van der Waals surface area (Å²) >= 11 is 5.85. The summed E-state index contributed by atoms with van der Waals surface area (Å²) < 4.78 is 0. The Kier molecular flexibility index (Phi) is 3.33. The molecule has 0 spiro atoms. The molecule has 0 fully saturated rings. The minimum atomic E-state index is 0.354. The van der Waals surface area contributed by atoms with Gasteiger partial charge in [-0.15, -0.1) is 11.3 Å². The number of fused-ring (bicyclic) bond motifs is 1. The van der Waals surface area contributed by atoms with Crippen molar-refractivity contribution in [1.82, 2.24) is 0 Å². The highest BCUT2D eigenvalue weighted by molar-refractivity contribution is 9.09. The fourth-order valence-electron chi connectivity index (χ4n) is 2.56. The molecule has 0 aliphatic heterocycles. The van der Waals surface area contributed by atoms with Gasteiger partial charge >= 0.3 is 0 Å².